The van der Waals surface area contributed by atoms with E-state index < -0.39 is 23.4 Å². The van der Waals surface area contributed by atoms with Gasteiger partial charge < -0.3 is 20.1 Å². The summed E-state index contributed by atoms with van der Waals surface area (Å²) in [6.45, 7) is 5.68. The van der Waals surface area contributed by atoms with Gasteiger partial charge >= 0.3 is 5.97 Å². The molecule has 2 N–H and O–H groups in total. The zero-order valence-electron chi connectivity index (χ0n) is 22.1. The molecular formula is C29H31N3O7. The Bertz CT molecular complexity index is 1340. The standard InChI is InChI=1S/C29H31N3O7/c1-19(2)25-15-10-20(3)16-26(25)39-24-13-11-21(12-14-24)30-27(33)8-5-9-29(35)38-18-28(34)31-22-6-4-7-23(17-22)32(36)37/h4,6-7,10-17,19H,5,8-9,18H2,1-3H3,(H,30,33)(H,31,34). The number of nitro groups is 1. The van der Waals surface area contributed by atoms with Crippen LogP contribution in [0.2, 0.25) is 0 Å². The first-order valence-corrected chi connectivity index (χ1v) is 12.5. The molecule has 10 heteroatoms. The van der Waals surface area contributed by atoms with Crippen LogP contribution in [0.5, 0.6) is 11.5 Å². The van der Waals surface area contributed by atoms with Crippen molar-refractivity contribution in [1.29, 1.82) is 0 Å². The fraction of sp³-hybridized carbons (Fsp3) is 0.276. The van der Waals surface area contributed by atoms with Crippen molar-refractivity contribution in [2.75, 3.05) is 17.2 Å². The monoisotopic (exact) mass is 533 g/mol. The highest BCUT2D eigenvalue weighted by atomic mass is 16.6. The van der Waals surface area contributed by atoms with Gasteiger partial charge in [-0.15, -0.1) is 0 Å². The van der Waals surface area contributed by atoms with Gasteiger partial charge in [0.1, 0.15) is 11.5 Å². The second-order valence-corrected chi connectivity index (χ2v) is 9.24. The van der Waals surface area contributed by atoms with Crippen molar-refractivity contribution in [3.8, 4) is 11.5 Å². The number of rotatable bonds is 12. The second kappa shape index (κ2) is 13.7. The normalized spacial score (nSPS) is 10.6. The summed E-state index contributed by atoms with van der Waals surface area (Å²) in [5.74, 6) is 0.245. The number of aryl methyl sites for hydroxylation is 1. The predicted molar refractivity (Wildman–Crippen MR) is 147 cm³/mol. The van der Waals surface area contributed by atoms with Crippen LogP contribution in [0.1, 0.15) is 50.2 Å². The van der Waals surface area contributed by atoms with Crippen molar-refractivity contribution >= 4 is 34.8 Å². The molecular weight excluding hydrogens is 502 g/mol. The van der Waals surface area contributed by atoms with Crippen LogP contribution in [-0.4, -0.2) is 29.3 Å². The Morgan fingerprint density at radius 3 is 2.31 bits per heavy atom. The lowest BCUT2D eigenvalue weighted by Crippen LogP contribution is -2.21. The van der Waals surface area contributed by atoms with Gasteiger partial charge in [0.25, 0.3) is 11.6 Å². The van der Waals surface area contributed by atoms with Crippen molar-refractivity contribution in [2.24, 2.45) is 0 Å². The molecule has 0 aliphatic rings. The number of esters is 1. The molecule has 0 radical (unpaired) electrons. The highest BCUT2D eigenvalue weighted by molar-refractivity contribution is 5.93. The molecule has 0 aromatic heterocycles. The van der Waals surface area contributed by atoms with Gasteiger partial charge in [-0.25, -0.2) is 0 Å². The van der Waals surface area contributed by atoms with Gasteiger partial charge in [0, 0.05) is 36.3 Å². The summed E-state index contributed by atoms with van der Waals surface area (Å²) >= 11 is 0. The molecule has 39 heavy (non-hydrogen) atoms. The SMILES string of the molecule is Cc1ccc(C(C)C)c(Oc2ccc(NC(=O)CCCC(=O)OCC(=O)Nc3cccc([N+](=O)[O-])c3)cc2)c1. The number of ether oxygens (including phenoxy) is 2. The number of nitro benzene ring substituents is 1. The fourth-order valence-corrected chi connectivity index (χ4v) is 3.67. The van der Waals surface area contributed by atoms with Crippen LogP contribution < -0.4 is 15.4 Å². The Kier molecular flexibility index (Phi) is 10.1. The van der Waals surface area contributed by atoms with E-state index in [4.69, 9.17) is 9.47 Å². The molecule has 0 saturated heterocycles. The maximum atomic E-state index is 12.3. The molecule has 0 atom stereocenters. The smallest absolute Gasteiger partial charge is 0.306 e. The van der Waals surface area contributed by atoms with Crippen LogP contribution in [0.25, 0.3) is 0 Å². The van der Waals surface area contributed by atoms with E-state index >= 15 is 0 Å². The molecule has 0 aliphatic carbocycles. The topological polar surface area (TPSA) is 137 Å². The summed E-state index contributed by atoms with van der Waals surface area (Å²) in [7, 11) is 0. The van der Waals surface area contributed by atoms with E-state index in [0.717, 1.165) is 16.9 Å². The average molecular weight is 534 g/mol. The number of anilines is 2. The van der Waals surface area contributed by atoms with Crippen LogP contribution in [-0.2, 0) is 19.1 Å². The molecule has 0 aliphatic heterocycles. The summed E-state index contributed by atoms with van der Waals surface area (Å²) in [5.41, 5.74) is 2.86. The molecule has 0 fully saturated rings. The van der Waals surface area contributed by atoms with Gasteiger partial charge in [-0.1, -0.05) is 32.0 Å². The number of carbonyl (C=O) groups excluding carboxylic acids is 3. The van der Waals surface area contributed by atoms with Crippen LogP contribution in [0.15, 0.2) is 66.7 Å². The van der Waals surface area contributed by atoms with Crippen LogP contribution in [0.3, 0.4) is 0 Å². The maximum Gasteiger partial charge on any atom is 0.306 e. The fourth-order valence-electron chi connectivity index (χ4n) is 3.67. The van der Waals surface area contributed by atoms with Gasteiger partial charge in [0.05, 0.1) is 4.92 Å². The molecule has 0 spiro atoms. The lowest BCUT2D eigenvalue weighted by Gasteiger charge is -2.15. The number of carbonyl (C=O) groups is 3. The summed E-state index contributed by atoms with van der Waals surface area (Å²) in [5, 5.41) is 16.0. The van der Waals surface area contributed by atoms with Gasteiger partial charge in [0.15, 0.2) is 6.61 Å². The van der Waals surface area contributed by atoms with E-state index in [9.17, 15) is 24.5 Å². The third-order valence-electron chi connectivity index (χ3n) is 5.65. The largest absolute Gasteiger partial charge is 0.457 e. The van der Waals surface area contributed by atoms with Crippen LogP contribution in [0.4, 0.5) is 17.1 Å². The molecule has 3 aromatic rings. The number of hydrogen-bond donors (Lipinski definition) is 2. The number of nitrogens with one attached hydrogen (secondary N) is 2. The Morgan fingerprint density at radius 2 is 1.62 bits per heavy atom. The number of benzene rings is 3. The van der Waals surface area contributed by atoms with Crippen molar-refractivity contribution in [3.05, 3.63) is 88.0 Å². The minimum atomic E-state index is -0.629. The molecule has 10 nitrogen and oxygen atoms in total. The van der Waals surface area contributed by atoms with Crippen molar-refractivity contribution < 1.29 is 28.8 Å². The molecule has 204 valence electrons. The van der Waals surface area contributed by atoms with Gasteiger partial charge in [-0.2, -0.15) is 0 Å². The first kappa shape index (κ1) is 28.8. The summed E-state index contributed by atoms with van der Waals surface area (Å²) in [6, 6.07) is 18.6. The van der Waals surface area contributed by atoms with E-state index in [-0.39, 0.29) is 36.5 Å². The summed E-state index contributed by atoms with van der Waals surface area (Å²) in [4.78, 5) is 46.4. The maximum absolute atomic E-state index is 12.3. The minimum Gasteiger partial charge on any atom is -0.457 e. The van der Waals surface area contributed by atoms with E-state index in [2.05, 4.69) is 36.6 Å². The highest BCUT2D eigenvalue weighted by Crippen LogP contribution is 2.32. The Morgan fingerprint density at radius 1 is 0.897 bits per heavy atom. The Balaban J connectivity index is 1.38. The van der Waals surface area contributed by atoms with E-state index in [1.807, 2.05) is 13.0 Å². The highest BCUT2D eigenvalue weighted by Gasteiger charge is 2.12. The van der Waals surface area contributed by atoms with Gasteiger partial charge in [-0.3, -0.25) is 24.5 Å². The molecule has 0 bridgehead atoms. The van der Waals surface area contributed by atoms with E-state index in [1.165, 1.54) is 24.3 Å². The molecule has 0 saturated carbocycles. The molecule has 2 amide bonds. The first-order chi connectivity index (χ1) is 18.6. The third-order valence-corrected chi connectivity index (χ3v) is 5.65. The van der Waals surface area contributed by atoms with E-state index in [1.54, 1.807) is 24.3 Å². The number of amides is 2. The summed E-state index contributed by atoms with van der Waals surface area (Å²) in [6.07, 6.45) is 0.289. The first-order valence-electron chi connectivity index (χ1n) is 12.5. The number of nitrogens with zero attached hydrogens (tertiary/aromatic N) is 1. The zero-order chi connectivity index (χ0) is 28.4. The van der Waals surface area contributed by atoms with Crippen LogP contribution >= 0.6 is 0 Å². The van der Waals surface area contributed by atoms with E-state index in [0.29, 0.717) is 17.4 Å². The quantitative estimate of drug-likeness (QED) is 0.163. The van der Waals surface area contributed by atoms with Crippen molar-refractivity contribution in [1.82, 2.24) is 0 Å². The van der Waals surface area contributed by atoms with Crippen LogP contribution in [0, 0.1) is 17.0 Å². The Labute approximate surface area is 226 Å². The van der Waals surface area contributed by atoms with Crippen molar-refractivity contribution in [3.63, 3.8) is 0 Å². The zero-order valence-corrected chi connectivity index (χ0v) is 22.1. The molecule has 0 unspecified atom stereocenters. The third kappa shape index (κ3) is 9.26. The molecule has 0 heterocycles. The lowest BCUT2D eigenvalue weighted by atomic mass is 10.0. The van der Waals surface area contributed by atoms with Crippen molar-refractivity contribution in [2.45, 2.75) is 46.0 Å². The van der Waals surface area contributed by atoms with Gasteiger partial charge in [-0.05, 0) is 66.8 Å². The minimum absolute atomic E-state index is 0.0427. The average Bonchev–Trinajstić information content (AvgIpc) is 2.88. The lowest BCUT2D eigenvalue weighted by molar-refractivity contribution is -0.384. The Hall–Kier alpha value is -4.73. The second-order valence-electron chi connectivity index (χ2n) is 9.24. The number of hydrogen-bond acceptors (Lipinski definition) is 7. The summed E-state index contributed by atoms with van der Waals surface area (Å²) < 4.78 is 11.0. The molecule has 3 rings (SSSR count). The predicted octanol–water partition coefficient (Wildman–Crippen LogP) is 6.11. The van der Waals surface area contributed by atoms with Gasteiger partial charge in [0.2, 0.25) is 5.91 Å². The number of non-ortho nitro benzene ring substituents is 1. The molecule has 3 aromatic carbocycles.